The average molecular weight is 649 g/mol. The van der Waals surface area contributed by atoms with Gasteiger partial charge in [0, 0.05) is 17.6 Å². The van der Waals surface area contributed by atoms with Crippen LogP contribution in [-0.2, 0) is 23.4 Å². The maximum Gasteiger partial charge on any atom is 0.459 e. The molecule has 0 radical (unpaired) electrons. The summed E-state index contributed by atoms with van der Waals surface area (Å²) in [6.45, 7) is -0.404. The highest BCUT2D eigenvalue weighted by Gasteiger charge is 2.49. The largest absolute Gasteiger partial charge is 0.468 e. The number of aliphatic hydroxyl groups is 1. The molecule has 39 heavy (non-hydrogen) atoms. The number of benzene rings is 1. The van der Waals surface area contributed by atoms with Crippen molar-refractivity contribution in [1.82, 2.24) is 14.6 Å². The summed E-state index contributed by atoms with van der Waals surface area (Å²) < 4.78 is 37.5. The van der Waals surface area contributed by atoms with Gasteiger partial charge in [-0.25, -0.2) is 9.36 Å². The first-order chi connectivity index (χ1) is 18.6. The molecule has 1 aromatic carbocycles. The first kappa shape index (κ1) is 29.7. The van der Waals surface area contributed by atoms with Gasteiger partial charge in [-0.15, -0.1) is 0 Å². The summed E-state index contributed by atoms with van der Waals surface area (Å²) >= 11 is 9.04. The van der Waals surface area contributed by atoms with E-state index in [-0.39, 0.29) is 17.7 Å². The fourth-order valence-corrected chi connectivity index (χ4v) is 6.78. The minimum absolute atomic E-state index is 0.000681. The van der Waals surface area contributed by atoms with Gasteiger partial charge in [-0.05, 0) is 48.2 Å². The number of nitrogens with zero attached hydrogens (tertiary/aromatic N) is 1. The van der Waals surface area contributed by atoms with Crippen molar-refractivity contribution >= 4 is 47.3 Å². The summed E-state index contributed by atoms with van der Waals surface area (Å²) in [5, 5.41) is 13.9. The zero-order valence-electron chi connectivity index (χ0n) is 20.9. The molecule has 0 bridgehead atoms. The minimum Gasteiger partial charge on any atom is -0.468 e. The maximum absolute atomic E-state index is 14.0. The molecule has 1 aromatic heterocycles. The molecule has 0 amide bonds. The molecule has 2 fully saturated rings. The molecule has 212 valence electrons. The van der Waals surface area contributed by atoms with Gasteiger partial charge >= 0.3 is 19.4 Å². The molecule has 0 spiro atoms. The van der Waals surface area contributed by atoms with E-state index in [1.165, 1.54) is 36.5 Å². The van der Waals surface area contributed by atoms with Crippen LogP contribution in [0, 0.1) is 0 Å². The molecular weight excluding hydrogens is 621 g/mol. The smallest absolute Gasteiger partial charge is 0.459 e. The number of rotatable bonds is 10. The maximum atomic E-state index is 14.0. The van der Waals surface area contributed by atoms with Crippen molar-refractivity contribution in [3.8, 4) is 5.75 Å². The summed E-state index contributed by atoms with van der Waals surface area (Å²) in [5.74, 6) is -0.419. The SMILES string of the molecule is COC(=O)C1(NP(=O)(OC[C@H]2O[C@@H](n3cc(/C=C/Br)c(=O)[nH]c3=O)CC2O)Oc2ccc(Cl)cc2)CCCC1. The van der Waals surface area contributed by atoms with Gasteiger partial charge in [-0.2, -0.15) is 5.09 Å². The van der Waals surface area contributed by atoms with Crippen LogP contribution in [-0.4, -0.2) is 52.1 Å². The van der Waals surface area contributed by atoms with Crippen LogP contribution in [0.4, 0.5) is 0 Å². The molecule has 2 aliphatic rings. The van der Waals surface area contributed by atoms with E-state index >= 15 is 0 Å². The van der Waals surface area contributed by atoms with E-state index in [9.17, 15) is 24.1 Å². The summed E-state index contributed by atoms with van der Waals surface area (Å²) in [4.78, 5) is 40.8. The number of esters is 1. The van der Waals surface area contributed by atoms with Crippen molar-refractivity contribution in [3.05, 3.63) is 66.9 Å². The lowest BCUT2D eigenvalue weighted by Crippen LogP contribution is -2.50. The Kier molecular flexibility index (Phi) is 9.53. The molecule has 1 saturated heterocycles. The Morgan fingerprint density at radius 2 is 2.03 bits per heavy atom. The third-order valence-corrected chi connectivity index (χ3v) is 8.74. The van der Waals surface area contributed by atoms with E-state index in [0.29, 0.717) is 30.7 Å². The zero-order chi connectivity index (χ0) is 28.2. The lowest BCUT2D eigenvalue weighted by Gasteiger charge is -2.31. The highest BCUT2D eigenvalue weighted by Crippen LogP contribution is 2.50. The third kappa shape index (κ3) is 6.91. The summed E-state index contributed by atoms with van der Waals surface area (Å²) in [6.07, 6.45) is 1.86. The topological polar surface area (TPSA) is 158 Å². The van der Waals surface area contributed by atoms with Gasteiger partial charge in [-0.1, -0.05) is 40.4 Å². The summed E-state index contributed by atoms with van der Waals surface area (Å²) in [6, 6.07) is 6.08. The van der Waals surface area contributed by atoms with E-state index in [1.807, 2.05) is 0 Å². The molecule has 3 N–H and O–H groups in total. The Bertz CT molecular complexity index is 1370. The molecule has 2 unspecified atom stereocenters. The standard InChI is InChI=1S/C24H28BrClN3O9P/c1-35-22(32)24(9-2-3-10-24)28-39(34,38-17-6-4-16(26)5-7-17)36-14-19-18(30)12-20(37-19)29-13-15(8-11-25)21(31)27-23(29)33/h4-8,11,13,18-20,30H,2-3,9-10,12,14H2,1H3,(H,28,34)(H,27,31,33)/b11-8+/t18?,19-,20-,39?/m1/s1. The fraction of sp³-hybridized carbons (Fsp3) is 0.458. The predicted molar refractivity (Wildman–Crippen MR) is 146 cm³/mol. The lowest BCUT2D eigenvalue weighted by atomic mass is 10.00. The van der Waals surface area contributed by atoms with Crippen molar-refractivity contribution in [2.75, 3.05) is 13.7 Å². The van der Waals surface area contributed by atoms with E-state index in [0.717, 1.165) is 4.57 Å². The lowest BCUT2D eigenvalue weighted by molar-refractivity contribution is -0.147. The van der Waals surface area contributed by atoms with Crippen molar-refractivity contribution in [2.45, 2.75) is 56.1 Å². The monoisotopic (exact) mass is 647 g/mol. The Morgan fingerprint density at radius 3 is 2.67 bits per heavy atom. The second kappa shape index (κ2) is 12.5. The second-order valence-corrected chi connectivity index (χ2v) is 11.8. The van der Waals surface area contributed by atoms with Crippen LogP contribution in [0.1, 0.15) is 43.9 Å². The number of aliphatic hydroxyl groups excluding tert-OH is 1. The predicted octanol–water partition coefficient (Wildman–Crippen LogP) is 3.48. The van der Waals surface area contributed by atoms with Crippen LogP contribution < -0.4 is 20.9 Å². The number of ether oxygens (including phenoxy) is 2. The molecule has 2 aromatic rings. The Balaban J connectivity index is 1.55. The van der Waals surface area contributed by atoms with E-state index in [2.05, 4.69) is 26.0 Å². The number of hydrogen-bond donors (Lipinski definition) is 3. The van der Waals surface area contributed by atoms with Gasteiger partial charge in [0.1, 0.15) is 23.6 Å². The third-order valence-electron chi connectivity index (χ3n) is 6.58. The van der Waals surface area contributed by atoms with Crippen LogP contribution in [0.25, 0.3) is 6.08 Å². The van der Waals surface area contributed by atoms with Crippen LogP contribution in [0.3, 0.4) is 0 Å². The van der Waals surface area contributed by atoms with Crippen LogP contribution in [0.2, 0.25) is 5.02 Å². The second-order valence-electron chi connectivity index (χ2n) is 9.21. The Labute approximate surface area is 237 Å². The molecule has 1 aliphatic carbocycles. The normalized spacial score (nSPS) is 24.1. The number of aromatic amines is 1. The summed E-state index contributed by atoms with van der Waals surface area (Å²) in [7, 11) is -3.01. The van der Waals surface area contributed by atoms with Gasteiger partial charge in [0.05, 0.1) is 25.4 Å². The van der Waals surface area contributed by atoms with Crippen molar-refractivity contribution in [2.24, 2.45) is 0 Å². The number of carbonyl (C=O) groups is 1. The molecular formula is C24H28BrClN3O9P. The number of halogens is 2. The van der Waals surface area contributed by atoms with Crippen molar-refractivity contribution in [3.63, 3.8) is 0 Å². The van der Waals surface area contributed by atoms with Crippen molar-refractivity contribution in [1.29, 1.82) is 0 Å². The van der Waals surface area contributed by atoms with Gasteiger partial charge in [0.25, 0.3) is 5.56 Å². The first-order valence-corrected chi connectivity index (χ1v) is 14.9. The van der Waals surface area contributed by atoms with Crippen molar-refractivity contribution < 1.29 is 33.0 Å². The highest BCUT2D eigenvalue weighted by molar-refractivity contribution is 9.11. The average Bonchev–Trinajstić information content (AvgIpc) is 3.52. The molecule has 4 atom stereocenters. The number of aromatic nitrogens is 2. The number of hydrogen-bond acceptors (Lipinski definition) is 9. The van der Waals surface area contributed by atoms with E-state index in [4.69, 9.17) is 30.1 Å². The number of nitrogens with one attached hydrogen (secondary N) is 2. The zero-order valence-corrected chi connectivity index (χ0v) is 24.1. The van der Waals surface area contributed by atoms with Gasteiger partial charge < -0.3 is 19.1 Å². The van der Waals surface area contributed by atoms with Crippen LogP contribution >= 0.6 is 35.3 Å². The number of carbonyl (C=O) groups excluding carboxylic acids is 1. The Morgan fingerprint density at radius 1 is 1.33 bits per heavy atom. The van der Waals surface area contributed by atoms with Gasteiger partial charge in [0.2, 0.25) is 0 Å². The number of methoxy groups -OCH3 is 1. The molecule has 2 heterocycles. The fourth-order valence-electron chi connectivity index (χ4n) is 4.62. The minimum atomic E-state index is -4.26. The number of H-pyrrole nitrogens is 1. The van der Waals surface area contributed by atoms with E-state index < -0.39 is 55.5 Å². The van der Waals surface area contributed by atoms with Gasteiger partial charge in [-0.3, -0.25) is 23.7 Å². The molecule has 4 rings (SSSR count). The van der Waals surface area contributed by atoms with E-state index in [1.54, 1.807) is 12.1 Å². The quantitative estimate of drug-likeness (QED) is 0.257. The van der Waals surface area contributed by atoms with Crippen LogP contribution in [0.5, 0.6) is 5.75 Å². The first-order valence-electron chi connectivity index (χ1n) is 12.1. The molecule has 12 nitrogen and oxygen atoms in total. The summed E-state index contributed by atoms with van der Waals surface area (Å²) in [5.41, 5.74) is -2.39. The highest BCUT2D eigenvalue weighted by atomic mass is 79.9. The van der Waals surface area contributed by atoms with Gasteiger partial charge in [0.15, 0.2) is 0 Å². The molecule has 1 saturated carbocycles. The molecule has 1 aliphatic heterocycles. The van der Waals surface area contributed by atoms with Crippen LogP contribution in [0.15, 0.2) is 45.0 Å². The Hall–Kier alpha value is -2.25. The molecule has 15 heteroatoms.